The maximum Gasteiger partial charge on any atom is 0.128 e. The van der Waals surface area contributed by atoms with Crippen molar-refractivity contribution in [2.45, 2.75) is 39.7 Å². The normalized spacial score (nSPS) is 12.6. The van der Waals surface area contributed by atoms with Crippen LogP contribution in [0.3, 0.4) is 0 Å². The van der Waals surface area contributed by atoms with Crippen LogP contribution in [-0.4, -0.2) is 6.54 Å². The Balaban J connectivity index is 2.23. The number of likely N-dealkylation sites (N-methyl/N-ethyl adjacent to an activating group) is 1. The van der Waals surface area contributed by atoms with Gasteiger partial charge < -0.3 is 5.32 Å². The van der Waals surface area contributed by atoms with Crippen LogP contribution >= 0.6 is 11.3 Å². The Morgan fingerprint density at radius 1 is 1.15 bits per heavy atom. The number of thiophene rings is 1. The third-order valence-electron chi connectivity index (χ3n) is 3.45. The van der Waals surface area contributed by atoms with Crippen LogP contribution < -0.4 is 5.32 Å². The van der Waals surface area contributed by atoms with E-state index in [9.17, 15) is 4.39 Å². The predicted molar refractivity (Wildman–Crippen MR) is 85.0 cm³/mol. The summed E-state index contributed by atoms with van der Waals surface area (Å²) in [4.78, 5) is 2.70. The predicted octanol–water partition coefficient (Wildman–Crippen LogP) is 4.65. The van der Waals surface area contributed by atoms with E-state index in [1.54, 1.807) is 6.07 Å². The second-order valence-electron chi connectivity index (χ2n) is 5.06. The first-order chi connectivity index (χ1) is 9.63. The van der Waals surface area contributed by atoms with Crippen LogP contribution in [0.2, 0.25) is 0 Å². The van der Waals surface area contributed by atoms with Crippen LogP contribution in [0.1, 0.15) is 40.8 Å². The summed E-state index contributed by atoms with van der Waals surface area (Å²) in [6.45, 7) is 7.07. The minimum Gasteiger partial charge on any atom is -0.310 e. The Bertz CT molecular complexity index is 562. The number of benzene rings is 1. The van der Waals surface area contributed by atoms with Gasteiger partial charge in [0.1, 0.15) is 5.82 Å². The Morgan fingerprint density at radius 2 is 1.90 bits per heavy atom. The maximum atomic E-state index is 14.1. The summed E-state index contributed by atoms with van der Waals surface area (Å²) in [7, 11) is 0. The number of halogens is 1. The molecule has 0 radical (unpaired) electrons. The van der Waals surface area contributed by atoms with Gasteiger partial charge in [0, 0.05) is 27.8 Å². The number of aryl methyl sites for hydroxylation is 2. The molecule has 20 heavy (non-hydrogen) atoms. The quantitative estimate of drug-likeness (QED) is 0.817. The lowest BCUT2D eigenvalue weighted by atomic mass is 10.00. The van der Waals surface area contributed by atoms with Gasteiger partial charge in [-0.3, -0.25) is 0 Å². The SMILES string of the molecule is CCNC(Cc1ccc(CC)s1)c1cc(C)ccc1F. The van der Waals surface area contributed by atoms with E-state index in [-0.39, 0.29) is 11.9 Å². The Labute approximate surface area is 124 Å². The Morgan fingerprint density at radius 3 is 2.55 bits per heavy atom. The Kier molecular flexibility index (Phi) is 5.32. The lowest BCUT2D eigenvalue weighted by Gasteiger charge is -2.19. The van der Waals surface area contributed by atoms with Crippen molar-refractivity contribution in [3.63, 3.8) is 0 Å². The van der Waals surface area contributed by atoms with E-state index in [1.807, 2.05) is 30.4 Å². The summed E-state index contributed by atoms with van der Waals surface area (Å²) in [5, 5.41) is 3.41. The molecule has 2 rings (SSSR count). The molecule has 0 spiro atoms. The maximum absolute atomic E-state index is 14.1. The van der Waals surface area contributed by atoms with E-state index >= 15 is 0 Å². The highest BCUT2D eigenvalue weighted by Gasteiger charge is 2.16. The van der Waals surface area contributed by atoms with Gasteiger partial charge >= 0.3 is 0 Å². The standard InChI is InChI=1S/C17H22FNS/c1-4-13-7-8-14(20-13)11-17(19-5-2)15-10-12(3)6-9-16(15)18/h6-10,17,19H,4-5,11H2,1-3H3. The van der Waals surface area contributed by atoms with Gasteiger partial charge in [0.05, 0.1) is 0 Å². The highest BCUT2D eigenvalue weighted by atomic mass is 32.1. The van der Waals surface area contributed by atoms with Gasteiger partial charge in [0.15, 0.2) is 0 Å². The molecule has 0 aliphatic carbocycles. The van der Waals surface area contributed by atoms with Crippen LogP contribution in [0, 0.1) is 12.7 Å². The molecule has 0 amide bonds. The van der Waals surface area contributed by atoms with E-state index < -0.39 is 0 Å². The summed E-state index contributed by atoms with van der Waals surface area (Å²) < 4.78 is 14.1. The fourth-order valence-corrected chi connectivity index (χ4v) is 3.40. The summed E-state index contributed by atoms with van der Waals surface area (Å²) in [5.74, 6) is -0.117. The molecule has 0 aliphatic heterocycles. The van der Waals surface area contributed by atoms with E-state index in [0.29, 0.717) is 0 Å². The molecule has 2 aromatic rings. The average molecular weight is 291 g/mol. The van der Waals surface area contributed by atoms with Crippen molar-refractivity contribution in [2.24, 2.45) is 0 Å². The summed E-state index contributed by atoms with van der Waals surface area (Å²) >= 11 is 1.83. The first-order valence-electron chi connectivity index (χ1n) is 7.21. The third kappa shape index (κ3) is 3.68. The zero-order valence-electron chi connectivity index (χ0n) is 12.4. The number of hydrogen-bond acceptors (Lipinski definition) is 2. The molecule has 1 aromatic carbocycles. The van der Waals surface area contributed by atoms with Gasteiger partial charge in [-0.1, -0.05) is 31.5 Å². The number of nitrogens with one attached hydrogen (secondary N) is 1. The zero-order valence-corrected chi connectivity index (χ0v) is 13.2. The van der Waals surface area contributed by atoms with Gasteiger partial charge in [-0.15, -0.1) is 11.3 Å². The van der Waals surface area contributed by atoms with Crippen LogP contribution in [0.15, 0.2) is 30.3 Å². The molecular weight excluding hydrogens is 269 g/mol. The van der Waals surface area contributed by atoms with Crippen LogP contribution in [-0.2, 0) is 12.8 Å². The number of hydrogen-bond donors (Lipinski definition) is 1. The van der Waals surface area contributed by atoms with E-state index in [1.165, 1.54) is 9.75 Å². The third-order valence-corrected chi connectivity index (χ3v) is 4.70. The average Bonchev–Trinajstić information content (AvgIpc) is 2.89. The molecule has 1 unspecified atom stereocenters. The molecule has 1 heterocycles. The fourth-order valence-electron chi connectivity index (χ4n) is 2.39. The van der Waals surface area contributed by atoms with Crippen LogP contribution in [0.5, 0.6) is 0 Å². The molecular formula is C17H22FNS. The molecule has 0 saturated heterocycles. The highest BCUT2D eigenvalue weighted by molar-refractivity contribution is 7.11. The van der Waals surface area contributed by atoms with Crippen LogP contribution in [0.25, 0.3) is 0 Å². The van der Waals surface area contributed by atoms with Crippen molar-refractivity contribution in [1.82, 2.24) is 5.32 Å². The Hall–Kier alpha value is -1.19. The lowest BCUT2D eigenvalue weighted by molar-refractivity contribution is 0.512. The van der Waals surface area contributed by atoms with Gasteiger partial charge in [-0.2, -0.15) is 0 Å². The monoisotopic (exact) mass is 291 g/mol. The van der Waals surface area contributed by atoms with Crippen molar-refractivity contribution in [1.29, 1.82) is 0 Å². The molecule has 1 aromatic heterocycles. The lowest BCUT2D eigenvalue weighted by Crippen LogP contribution is -2.23. The van der Waals surface area contributed by atoms with Crippen LogP contribution in [0.4, 0.5) is 4.39 Å². The first-order valence-corrected chi connectivity index (χ1v) is 8.02. The minimum absolute atomic E-state index is 0.0447. The molecule has 1 N–H and O–H groups in total. The molecule has 1 atom stereocenters. The second-order valence-corrected chi connectivity index (χ2v) is 6.31. The first kappa shape index (κ1) is 15.2. The molecule has 0 bridgehead atoms. The smallest absolute Gasteiger partial charge is 0.128 e. The van der Waals surface area contributed by atoms with Gasteiger partial charge in [-0.05, 0) is 38.1 Å². The van der Waals surface area contributed by atoms with E-state index in [4.69, 9.17) is 0 Å². The molecule has 0 saturated carbocycles. The second kappa shape index (κ2) is 7.00. The van der Waals surface area contributed by atoms with Crippen molar-refractivity contribution in [2.75, 3.05) is 6.54 Å². The van der Waals surface area contributed by atoms with E-state index in [2.05, 4.69) is 31.3 Å². The fraction of sp³-hybridized carbons (Fsp3) is 0.412. The molecule has 0 aliphatic rings. The highest BCUT2D eigenvalue weighted by Crippen LogP contribution is 2.26. The summed E-state index contributed by atoms with van der Waals surface area (Å²) in [5.41, 5.74) is 1.88. The minimum atomic E-state index is -0.117. The molecule has 3 heteroatoms. The topological polar surface area (TPSA) is 12.0 Å². The number of rotatable bonds is 6. The van der Waals surface area contributed by atoms with E-state index in [0.717, 1.165) is 30.5 Å². The summed E-state index contributed by atoms with van der Waals surface area (Å²) in [6.07, 6.45) is 1.91. The summed E-state index contributed by atoms with van der Waals surface area (Å²) in [6, 6.07) is 9.74. The van der Waals surface area contributed by atoms with Gasteiger partial charge in [-0.25, -0.2) is 4.39 Å². The molecule has 0 fully saturated rings. The zero-order chi connectivity index (χ0) is 14.5. The van der Waals surface area contributed by atoms with Crippen molar-refractivity contribution in [3.8, 4) is 0 Å². The van der Waals surface area contributed by atoms with Crippen molar-refractivity contribution < 1.29 is 4.39 Å². The van der Waals surface area contributed by atoms with Crippen molar-refractivity contribution in [3.05, 3.63) is 57.0 Å². The van der Waals surface area contributed by atoms with Gasteiger partial charge in [0.25, 0.3) is 0 Å². The molecule has 108 valence electrons. The van der Waals surface area contributed by atoms with Crippen molar-refractivity contribution >= 4 is 11.3 Å². The van der Waals surface area contributed by atoms with Gasteiger partial charge in [0.2, 0.25) is 0 Å². The molecule has 1 nitrogen and oxygen atoms in total. The largest absolute Gasteiger partial charge is 0.310 e.